The molecule has 0 spiro atoms. The van der Waals surface area contributed by atoms with Gasteiger partial charge in [0.25, 0.3) is 5.91 Å². The monoisotopic (exact) mass is 476 g/mol. The number of ether oxygens (including phenoxy) is 1. The van der Waals surface area contributed by atoms with E-state index >= 15 is 0 Å². The number of benzene rings is 2. The zero-order chi connectivity index (χ0) is 23.6. The number of carbonyl (C=O) groups is 1. The molecule has 12 heteroatoms. The van der Waals surface area contributed by atoms with Gasteiger partial charge in [0.1, 0.15) is 16.8 Å². The van der Waals surface area contributed by atoms with Crippen molar-refractivity contribution in [2.45, 2.75) is 30.0 Å². The number of aliphatic hydroxyl groups excluding tert-OH is 1. The minimum absolute atomic E-state index is 0.0481. The Balaban J connectivity index is 1.93. The molecule has 174 valence electrons. The third kappa shape index (κ3) is 4.87. The standard InChI is InChI=1S/C20H20F4N2O5S/c1-31-17-5-4-11(20(28)25-12-8-13(21)19(24)14(22)9-12)7-18(17)32(29,30)26-6-2-3-16(27)15(23)10-26/h4-5,7-9,15-16,27H,2-3,6,10H2,1H3,(H,25,28). The summed E-state index contributed by atoms with van der Waals surface area (Å²) in [6, 6.07) is 4.54. The highest BCUT2D eigenvalue weighted by Gasteiger charge is 2.34. The Morgan fingerprint density at radius 3 is 2.47 bits per heavy atom. The molecule has 1 amide bonds. The van der Waals surface area contributed by atoms with Crippen LogP contribution in [0, 0.1) is 17.5 Å². The first-order chi connectivity index (χ1) is 15.0. The molecule has 3 rings (SSSR count). The van der Waals surface area contributed by atoms with Crippen molar-refractivity contribution in [2.24, 2.45) is 0 Å². The van der Waals surface area contributed by atoms with E-state index in [0.717, 1.165) is 10.4 Å². The number of halogens is 4. The van der Waals surface area contributed by atoms with Gasteiger partial charge in [0.15, 0.2) is 17.5 Å². The van der Waals surface area contributed by atoms with Crippen molar-refractivity contribution in [1.82, 2.24) is 4.31 Å². The van der Waals surface area contributed by atoms with Gasteiger partial charge in [-0.25, -0.2) is 26.0 Å². The van der Waals surface area contributed by atoms with Crippen molar-refractivity contribution in [1.29, 1.82) is 0 Å². The number of nitrogens with zero attached hydrogens (tertiary/aromatic N) is 1. The molecule has 0 aliphatic carbocycles. The van der Waals surface area contributed by atoms with Gasteiger partial charge >= 0.3 is 0 Å². The summed E-state index contributed by atoms with van der Waals surface area (Å²) in [5.41, 5.74) is -0.588. The molecule has 1 aliphatic rings. The molecular formula is C20H20F4N2O5S. The van der Waals surface area contributed by atoms with Gasteiger partial charge in [-0.3, -0.25) is 4.79 Å². The Morgan fingerprint density at radius 1 is 1.19 bits per heavy atom. The summed E-state index contributed by atoms with van der Waals surface area (Å²) in [5, 5.41) is 11.8. The number of carbonyl (C=O) groups excluding carboxylic acids is 1. The van der Waals surface area contributed by atoms with Crippen molar-refractivity contribution >= 4 is 21.6 Å². The average Bonchev–Trinajstić information content (AvgIpc) is 2.92. The number of methoxy groups -OCH3 is 1. The first kappa shape index (κ1) is 24.0. The van der Waals surface area contributed by atoms with Crippen molar-refractivity contribution in [2.75, 3.05) is 25.5 Å². The van der Waals surface area contributed by atoms with Crippen molar-refractivity contribution in [3.8, 4) is 5.75 Å². The number of anilines is 1. The van der Waals surface area contributed by atoms with Crippen LogP contribution >= 0.6 is 0 Å². The molecule has 2 aromatic rings. The summed E-state index contributed by atoms with van der Waals surface area (Å²) < 4.78 is 86.3. The van der Waals surface area contributed by atoms with Gasteiger partial charge in [0.05, 0.1) is 13.2 Å². The maximum atomic E-state index is 14.1. The predicted molar refractivity (Wildman–Crippen MR) is 106 cm³/mol. The van der Waals surface area contributed by atoms with E-state index in [1.165, 1.54) is 19.2 Å². The molecule has 2 atom stereocenters. The van der Waals surface area contributed by atoms with Crippen LogP contribution in [0.1, 0.15) is 23.2 Å². The lowest BCUT2D eigenvalue weighted by molar-refractivity contribution is 0.0732. The number of sulfonamides is 1. The van der Waals surface area contributed by atoms with Crippen LogP contribution in [0.25, 0.3) is 0 Å². The molecule has 1 fully saturated rings. The number of aliphatic hydroxyl groups is 1. The van der Waals surface area contributed by atoms with Crippen molar-refractivity contribution < 1.29 is 40.6 Å². The van der Waals surface area contributed by atoms with Crippen LogP contribution in [0.5, 0.6) is 5.75 Å². The Labute approximate surface area is 181 Å². The summed E-state index contributed by atoms with van der Waals surface area (Å²) >= 11 is 0. The largest absolute Gasteiger partial charge is 0.495 e. The third-order valence-corrected chi connectivity index (χ3v) is 6.87. The number of hydrogen-bond acceptors (Lipinski definition) is 5. The van der Waals surface area contributed by atoms with Crippen LogP contribution < -0.4 is 10.1 Å². The molecule has 2 aromatic carbocycles. The van der Waals surface area contributed by atoms with Gasteiger partial charge in [0, 0.05) is 36.5 Å². The van der Waals surface area contributed by atoms with E-state index in [9.17, 15) is 35.9 Å². The van der Waals surface area contributed by atoms with Gasteiger partial charge in [-0.05, 0) is 31.0 Å². The minimum atomic E-state index is -4.32. The number of nitrogens with one attached hydrogen (secondary N) is 1. The van der Waals surface area contributed by atoms with Crippen LogP contribution in [0.4, 0.5) is 23.2 Å². The second kappa shape index (κ2) is 9.43. The lowest BCUT2D eigenvalue weighted by atomic mass is 10.1. The van der Waals surface area contributed by atoms with E-state index < -0.39 is 57.1 Å². The van der Waals surface area contributed by atoms with Crippen LogP contribution in [-0.2, 0) is 10.0 Å². The molecule has 0 radical (unpaired) electrons. The molecule has 1 aliphatic heterocycles. The number of amides is 1. The zero-order valence-electron chi connectivity index (χ0n) is 16.8. The highest BCUT2D eigenvalue weighted by molar-refractivity contribution is 7.89. The molecule has 7 nitrogen and oxygen atoms in total. The van der Waals surface area contributed by atoms with Crippen LogP contribution in [0.3, 0.4) is 0 Å². The smallest absolute Gasteiger partial charge is 0.255 e. The molecule has 0 aromatic heterocycles. The summed E-state index contributed by atoms with van der Waals surface area (Å²) in [6.45, 7) is -0.620. The molecular weight excluding hydrogens is 456 g/mol. The fourth-order valence-corrected chi connectivity index (χ4v) is 4.94. The Hall–Kier alpha value is -2.70. The van der Waals surface area contributed by atoms with E-state index in [4.69, 9.17) is 4.74 Å². The Bertz CT molecular complexity index is 1110. The second-order valence-corrected chi connectivity index (χ2v) is 9.07. The highest BCUT2D eigenvalue weighted by Crippen LogP contribution is 2.30. The average molecular weight is 476 g/mol. The summed E-state index contributed by atoms with van der Waals surface area (Å²) in [5.74, 6) is -5.76. The maximum Gasteiger partial charge on any atom is 0.255 e. The van der Waals surface area contributed by atoms with E-state index in [-0.39, 0.29) is 36.4 Å². The number of rotatable bonds is 5. The molecule has 1 saturated heterocycles. The quantitative estimate of drug-likeness (QED) is 0.511. The second-order valence-electron chi connectivity index (χ2n) is 7.16. The fourth-order valence-electron chi connectivity index (χ4n) is 3.27. The molecule has 2 N–H and O–H groups in total. The van der Waals surface area contributed by atoms with Crippen molar-refractivity contribution in [3.05, 3.63) is 53.3 Å². The van der Waals surface area contributed by atoms with Gasteiger partial charge in [0.2, 0.25) is 10.0 Å². The van der Waals surface area contributed by atoms with Gasteiger partial charge in [-0.2, -0.15) is 4.31 Å². The van der Waals surface area contributed by atoms with Crippen LogP contribution in [0.15, 0.2) is 35.2 Å². The summed E-state index contributed by atoms with van der Waals surface area (Å²) in [7, 11) is -3.11. The topological polar surface area (TPSA) is 95.9 Å². The van der Waals surface area contributed by atoms with Crippen LogP contribution in [-0.4, -0.2) is 56.2 Å². The summed E-state index contributed by atoms with van der Waals surface area (Å²) in [6.07, 6.45) is -2.75. The van der Waals surface area contributed by atoms with Crippen LogP contribution in [0.2, 0.25) is 0 Å². The van der Waals surface area contributed by atoms with Gasteiger partial charge in [-0.15, -0.1) is 0 Å². The predicted octanol–water partition coefficient (Wildman–Crippen LogP) is 2.85. The maximum absolute atomic E-state index is 14.1. The van der Waals surface area contributed by atoms with E-state index in [1.54, 1.807) is 0 Å². The molecule has 32 heavy (non-hydrogen) atoms. The SMILES string of the molecule is COc1ccc(C(=O)Nc2cc(F)c(F)c(F)c2)cc1S(=O)(=O)N1CCCC(O)C(F)C1. The molecule has 1 heterocycles. The lowest BCUT2D eigenvalue weighted by Gasteiger charge is -2.23. The normalized spacial score (nSPS) is 19.9. The minimum Gasteiger partial charge on any atom is -0.495 e. The number of hydrogen-bond donors (Lipinski definition) is 2. The number of alkyl halides is 1. The van der Waals surface area contributed by atoms with E-state index in [0.29, 0.717) is 12.1 Å². The first-order valence-corrected chi connectivity index (χ1v) is 10.9. The molecule has 0 saturated carbocycles. The lowest BCUT2D eigenvalue weighted by Crippen LogP contribution is -2.38. The molecule has 2 unspecified atom stereocenters. The van der Waals surface area contributed by atoms with E-state index in [2.05, 4.69) is 5.32 Å². The Morgan fingerprint density at radius 2 is 1.84 bits per heavy atom. The Kier molecular flexibility index (Phi) is 7.06. The first-order valence-electron chi connectivity index (χ1n) is 9.50. The van der Waals surface area contributed by atoms with E-state index in [1.807, 2.05) is 0 Å². The summed E-state index contributed by atoms with van der Waals surface area (Å²) in [4.78, 5) is 12.1. The van der Waals surface area contributed by atoms with Gasteiger partial charge < -0.3 is 15.2 Å². The third-order valence-electron chi connectivity index (χ3n) is 4.99. The fraction of sp³-hybridized carbons (Fsp3) is 0.350. The van der Waals surface area contributed by atoms with Gasteiger partial charge in [-0.1, -0.05) is 0 Å². The van der Waals surface area contributed by atoms with Crippen molar-refractivity contribution in [3.63, 3.8) is 0 Å². The zero-order valence-corrected chi connectivity index (χ0v) is 17.6. The highest BCUT2D eigenvalue weighted by atomic mass is 32.2. The molecule has 0 bridgehead atoms.